The van der Waals surface area contributed by atoms with Crippen LogP contribution in [0, 0.1) is 0 Å². The summed E-state index contributed by atoms with van der Waals surface area (Å²) in [6.07, 6.45) is 0. The summed E-state index contributed by atoms with van der Waals surface area (Å²) in [6.45, 7) is 4.77. The molecule has 1 atom stereocenters. The summed E-state index contributed by atoms with van der Waals surface area (Å²) < 4.78 is 10.1. The van der Waals surface area contributed by atoms with Gasteiger partial charge < -0.3 is 20.1 Å². The number of carbonyl (C=O) groups is 2. The van der Waals surface area contributed by atoms with Gasteiger partial charge >= 0.3 is 5.97 Å². The summed E-state index contributed by atoms with van der Waals surface area (Å²) >= 11 is 0. The molecule has 116 valence electrons. The third-order valence-corrected chi connectivity index (χ3v) is 2.75. The van der Waals surface area contributed by atoms with E-state index in [1.54, 1.807) is 0 Å². The monoisotopic (exact) mass is 294 g/mol. The first-order valence-electron chi connectivity index (χ1n) is 6.84. The lowest BCUT2D eigenvalue weighted by atomic mass is 10.2. The Morgan fingerprint density at radius 1 is 1.33 bits per heavy atom. The molecule has 0 fully saturated rings. The van der Waals surface area contributed by atoms with Gasteiger partial charge in [-0.15, -0.1) is 0 Å². The van der Waals surface area contributed by atoms with Gasteiger partial charge in [-0.3, -0.25) is 4.79 Å². The number of ether oxygens (including phenoxy) is 2. The van der Waals surface area contributed by atoms with Crippen LogP contribution in [-0.4, -0.2) is 38.2 Å². The fraction of sp³-hybridized carbons (Fsp3) is 0.467. The second-order valence-electron chi connectivity index (χ2n) is 4.49. The molecule has 1 amide bonds. The lowest BCUT2D eigenvalue weighted by Gasteiger charge is -2.16. The lowest BCUT2D eigenvalue weighted by molar-refractivity contribution is -0.144. The standard InChI is InChI=1S/C15H22N2O4/c1-4-21-13-7-5-6-12(8-13)9-16-10-14(15(19)20-3)17-11(2)18/h5-8,14,16H,4,9-10H2,1-3H3,(H,17,18). The molecular formula is C15H22N2O4. The largest absolute Gasteiger partial charge is 0.494 e. The summed E-state index contributed by atoms with van der Waals surface area (Å²) in [5.74, 6) is 0.0643. The molecule has 21 heavy (non-hydrogen) atoms. The molecule has 0 aromatic heterocycles. The Morgan fingerprint density at radius 2 is 2.10 bits per heavy atom. The second kappa shape index (κ2) is 8.97. The molecule has 0 aliphatic rings. The molecule has 1 aromatic rings. The first-order chi connectivity index (χ1) is 10.1. The van der Waals surface area contributed by atoms with E-state index in [4.69, 9.17) is 4.74 Å². The molecule has 6 nitrogen and oxygen atoms in total. The van der Waals surface area contributed by atoms with Crippen LogP contribution in [0.5, 0.6) is 5.75 Å². The third kappa shape index (κ3) is 6.27. The van der Waals surface area contributed by atoms with Crippen LogP contribution in [0.25, 0.3) is 0 Å². The Morgan fingerprint density at radius 3 is 2.71 bits per heavy atom. The van der Waals surface area contributed by atoms with E-state index in [9.17, 15) is 9.59 Å². The van der Waals surface area contributed by atoms with Crippen molar-refractivity contribution in [3.8, 4) is 5.75 Å². The zero-order valence-electron chi connectivity index (χ0n) is 12.6. The summed E-state index contributed by atoms with van der Waals surface area (Å²) in [7, 11) is 1.29. The predicted molar refractivity (Wildman–Crippen MR) is 78.9 cm³/mol. The Labute approximate surface area is 124 Å². The van der Waals surface area contributed by atoms with E-state index >= 15 is 0 Å². The third-order valence-electron chi connectivity index (χ3n) is 2.75. The smallest absolute Gasteiger partial charge is 0.329 e. The predicted octanol–water partition coefficient (Wildman–Crippen LogP) is 0.853. The molecule has 0 saturated carbocycles. The second-order valence-corrected chi connectivity index (χ2v) is 4.49. The Kier molecular flexibility index (Phi) is 7.25. The highest BCUT2D eigenvalue weighted by atomic mass is 16.5. The van der Waals surface area contributed by atoms with E-state index in [-0.39, 0.29) is 5.91 Å². The Hall–Kier alpha value is -2.08. The highest BCUT2D eigenvalue weighted by molar-refractivity contribution is 5.83. The zero-order valence-corrected chi connectivity index (χ0v) is 12.6. The minimum atomic E-state index is -0.692. The number of methoxy groups -OCH3 is 1. The van der Waals surface area contributed by atoms with Gasteiger partial charge in [0.15, 0.2) is 0 Å². The van der Waals surface area contributed by atoms with Gasteiger partial charge in [-0.25, -0.2) is 4.79 Å². The molecule has 0 spiro atoms. The summed E-state index contributed by atoms with van der Waals surface area (Å²) in [5.41, 5.74) is 1.03. The molecule has 1 unspecified atom stereocenters. The lowest BCUT2D eigenvalue weighted by Crippen LogP contribution is -2.46. The molecule has 2 N–H and O–H groups in total. The summed E-state index contributed by atoms with van der Waals surface area (Å²) in [5, 5.41) is 5.67. The molecule has 0 saturated heterocycles. The molecule has 0 heterocycles. The van der Waals surface area contributed by atoms with E-state index in [1.165, 1.54) is 14.0 Å². The van der Waals surface area contributed by atoms with Gasteiger partial charge in [0.1, 0.15) is 11.8 Å². The van der Waals surface area contributed by atoms with Crippen molar-refractivity contribution in [1.82, 2.24) is 10.6 Å². The van der Waals surface area contributed by atoms with Gasteiger partial charge in [-0.2, -0.15) is 0 Å². The number of nitrogens with one attached hydrogen (secondary N) is 2. The van der Waals surface area contributed by atoms with E-state index < -0.39 is 12.0 Å². The van der Waals surface area contributed by atoms with Gasteiger partial charge in [0, 0.05) is 20.0 Å². The zero-order chi connectivity index (χ0) is 15.7. The normalized spacial score (nSPS) is 11.6. The van der Waals surface area contributed by atoms with Crippen LogP contribution in [0.2, 0.25) is 0 Å². The molecule has 6 heteroatoms. The van der Waals surface area contributed by atoms with Gasteiger partial charge in [0.05, 0.1) is 13.7 Å². The van der Waals surface area contributed by atoms with Crippen LogP contribution in [0.4, 0.5) is 0 Å². The van der Waals surface area contributed by atoms with Gasteiger partial charge in [0.2, 0.25) is 5.91 Å². The van der Waals surface area contributed by atoms with Crippen LogP contribution in [-0.2, 0) is 20.9 Å². The molecule has 1 rings (SSSR count). The van der Waals surface area contributed by atoms with Crippen LogP contribution in [0.15, 0.2) is 24.3 Å². The number of esters is 1. The van der Waals surface area contributed by atoms with Gasteiger partial charge in [0.25, 0.3) is 0 Å². The first-order valence-corrected chi connectivity index (χ1v) is 6.84. The van der Waals surface area contributed by atoms with Crippen molar-refractivity contribution in [3.63, 3.8) is 0 Å². The van der Waals surface area contributed by atoms with Crippen molar-refractivity contribution >= 4 is 11.9 Å². The molecule has 0 aliphatic carbocycles. The minimum absolute atomic E-state index is 0.273. The topological polar surface area (TPSA) is 76.7 Å². The fourth-order valence-electron chi connectivity index (χ4n) is 1.85. The van der Waals surface area contributed by atoms with Gasteiger partial charge in [-0.1, -0.05) is 12.1 Å². The Bertz CT molecular complexity index is 476. The van der Waals surface area contributed by atoms with E-state index in [0.717, 1.165) is 11.3 Å². The number of rotatable bonds is 8. The molecule has 0 aliphatic heterocycles. The summed E-state index contributed by atoms with van der Waals surface area (Å²) in [6, 6.07) is 7.00. The van der Waals surface area contributed by atoms with Crippen molar-refractivity contribution in [1.29, 1.82) is 0 Å². The van der Waals surface area contributed by atoms with Crippen molar-refractivity contribution in [2.24, 2.45) is 0 Å². The number of amides is 1. The maximum absolute atomic E-state index is 11.5. The fourth-order valence-corrected chi connectivity index (χ4v) is 1.85. The average Bonchev–Trinajstić information content (AvgIpc) is 2.46. The molecule has 1 aromatic carbocycles. The van der Waals surface area contributed by atoms with Gasteiger partial charge in [-0.05, 0) is 24.6 Å². The first kappa shape index (κ1) is 17.0. The maximum atomic E-state index is 11.5. The van der Waals surface area contributed by atoms with E-state index in [2.05, 4.69) is 15.4 Å². The van der Waals surface area contributed by atoms with Crippen LogP contribution >= 0.6 is 0 Å². The number of hydrogen-bond acceptors (Lipinski definition) is 5. The van der Waals surface area contributed by atoms with Crippen LogP contribution < -0.4 is 15.4 Å². The number of hydrogen-bond donors (Lipinski definition) is 2. The van der Waals surface area contributed by atoms with Crippen LogP contribution in [0.3, 0.4) is 0 Å². The van der Waals surface area contributed by atoms with E-state index in [1.807, 2.05) is 31.2 Å². The quantitative estimate of drug-likeness (QED) is 0.695. The maximum Gasteiger partial charge on any atom is 0.329 e. The Balaban J connectivity index is 2.51. The SMILES string of the molecule is CCOc1cccc(CNCC(NC(C)=O)C(=O)OC)c1. The number of benzene rings is 1. The van der Waals surface area contributed by atoms with Crippen molar-refractivity contribution < 1.29 is 19.1 Å². The molecule has 0 radical (unpaired) electrons. The van der Waals surface area contributed by atoms with Crippen molar-refractivity contribution in [2.45, 2.75) is 26.4 Å². The number of carbonyl (C=O) groups excluding carboxylic acids is 2. The van der Waals surface area contributed by atoms with E-state index in [0.29, 0.717) is 19.7 Å². The minimum Gasteiger partial charge on any atom is -0.494 e. The summed E-state index contributed by atoms with van der Waals surface area (Å²) in [4.78, 5) is 22.6. The average molecular weight is 294 g/mol. The van der Waals surface area contributed by atoms with Crippen molar-refractivity contribution in [2.75, 3.05) is 20.3 Å². The highest BCUT2D eigenvalue weighted by Crippen LogP contribution is 2.12. The highest BCUT2D eigenvalue weighted by Gasteiger charge is 2.19. The van der Waals surface area contributed by atoms with Crippen LogP contribution in [0.1, 0.15) is 19.4 Å². The molecule has 0 bridgehead atoms. The van der Waals surface area contributed by atoms with Crippen molar-refractivity contribution in [3.05, 3.63) is 29.8 Å². The molecular weight excluding hydrogens is 272 g/mol.